The molecule has 4 heteroatoms. The predicted octanol–water partition coefficient (Wildman–Crippen LogP) is 2.69. The van der Waals surface area contributed by atoms with Gasteiger partial charge in [-0.2, -0.15) is 0 Å². The molecule has 1 heterocycles. The number of hydrogen-bond donors (Lipinski definition) is 1. The first-order chi connectivity index (χ1) is 8.29. The number of aromatic nitrogens is 1. The predicted molar refractivity (Wildman–Crippen MR) is 66.3 cm³/mol. The molecule has 0 aromatic carbocycles. The Morgan fingerprint density at radius 1 is 1.53 bits per heavy atom. The number of ether oxygens (including phenoxy) is 1. The van der Waals surface area contributed by atoms with Crippen LogP contribution in [-0.2, 0) is 4.74 Å². The second-order valence-electron chi connectivity index (χ2n) is 4.01. The molecule has 0 bridgehead atoms. The van der Waals surface area contributed by atoms with E-state index in [0.29, 0.717) is 12.3 Å². The van der Waals surface area contributed by atoms with Crippen molar-refractivity contribution in [3.8, 4) is 0 Å². The Kier molecular flexibility index (Phi) is 6.74. The molecule has 1 rings (SSSR count). The third kappa shape index (κ3) is 4.79. The van der Waals surface area contributed by atoms with Crippen molar-refractivity contribution in [2.45, 2.75) is 32.2 Å². The highest BCUT2D eigenvalue weighted by atomic mass is 19.1. The van der Waals surface area contributed by atoms with E-state index < -0.39 is 0 Å². The van der Waals surface area contributed by atoms with Crippen molar-refractivity contribution in [2.75, 3.05) is 20.3 Å². The summed E-state index contributed by atoms with van der Waals surface area (Å²) in [4.78, 5) is 4.13. The summed E-state index contributed by atoms with van der Waals surface area (Å²) in [7, 11) is 1.68. The summed E-state index contributed by atoms with van der Waals surface area (Å²) in [5, 5.41) is 3.33. The minimum atomic E-state index is -0.237. The average molecular weight is 240 g/mol. The maximum absolute atomic E-state index is 13.6. The zero-order valence-corrected chi connectivity index (χ0v) is 10.6. The summed E-state index contributed by atoms with van der Waals surface area (Å²) >= 11 is 0. The number of nitrogens with one attached hydrogen (secondary N) is 1. The van der Waals surface area contributed by atoms with Gasteiger partial charge in [0.15, 0.2) is 0 Å². The summed E-state index contributed by atoms with van der Waals surface area (Å²) in [6.45, 7) is 3.65. The van der Waals surface area contributed by atoms with Crippen LogP contribution >= 0.6 is 0 Å². The molecule has 0 aliphatic heterocycles. The second kappa shape index (κ2) is 8.14. The fourth-order valence-corrected chi connectivity index (χ4v) is 1.74. The maximum atomic E-state index is 13.6. The van der Waals surface area contributed by atoms with E-state index in [9.17, 15) is 4.39 Å². The van der Waals surface area contributed by atoms with Crippen LogP contribution in [0.25, 0.3) is 0 Å². The Balaban J connectivity index is 2.64. The SMILES string of the molecule is CCCNC(CCCOC)c1ncccc1F. The summed E-state index contributed by atoms with van der Waals surface area (Å²) in [5.74, 6) is -0.237. The lowest BCUT2D eigenvalue weighted by molar-refractivity contribution is 0.188. The van der Waals surface area contributed by atoms with Gasteiger partial charge in [-0.1, -0.05) is 6.92 Å². The first kappa shape index (κ1) is 14.1. The highest BCUT2D eigenvalue weighted by Crippen LogP contribution is 2.19. The number of nitrogens with zero attached hydrogens (tertiary/aromatic N) is 1. The molecule has 1 aromatic rings. The van der Waals surface area contributed by atoms with E-state index in [0.717, 1.165) is 25.8 Å². The normalized spacial score (nSPS) is 12.6. The minimum absolute atomic E-state index is 0.0219. The summed E-state index contributed by atoms with van der Waals surface area (Å²) < 4.78 is 18.7. The molecular weight excluding hydrogens is 219 g/mol. The van der Waals surface area contributed by atoms with Crippen molar-refractivity contribution in [1.29, 1.82) is 0 Å². The zero-order valence-electron chi connectivity index (χ0n) is 10.6. The summed E-state index contributed by atoms with van der Waals surface area (Å²) in [6, 6.07) is 3.05. The smallest absolute Gasteiger partial charge is 0.146 e. The van der Waals surface area contributed by atoms with Gasteiger partial charge in [0.25, 0.3) is 0 Å². The lowest BCUT2D eigenvalue weighted by atomic mass is 10.1. The van der Waals surface area contributed by atoms with Crippen molar-refractivity contribution >= 4 is 0 Å². The molecule has 96 valence electrons. The van der Waals surface area contributed by atoms with Gasteiger partial charge >= 0.3 is 0 Å². The number of methoxy groups -OCH3 is 1. The number of halogens is 1. The van der Waals surface area contributed by atoms with Crippen LogP contribution in [-0.4, -0.2) is 25.2 Å². The topological polar surface area (TPSA) is 34.1 Å². The third-order valence-corrected chi connectivity index (χ3v) is 2.60. The molecule has 0 aliphatic rings. The van der Waals surface area contributed by atoms with Crippen LogP contribution < -0.4 is 5.32 Å². The highest BCUT2D eigenvalue weighted by Gasteiger charge is 2.15. The van der Waals surface area contributed by atoms with E-state index in [1.807, 2.05) is 0 Å². The molecule has 0 saturated carbocycles. The molecule has 0 saturated heterocycles. The van der Waals surface area contributed by atoms with Crippen LogP contribution in [0, 0.1) is 5.82 Å². The van der Waals surface area contributed by atoms with E-state index in [1.54, 1.807) is 19.4 Å². The van der Waals surface area contributed by atoms with Crippen molar-refractivity contribution in [3.05, 3.63) is 29.8 Å². The lowest BCUT2D eigenvalue weighted by Gasteiger charge is -2.18. The van der Waals surface area contributed by atoms with Crippen LogP contribution in [0.2, 0.25) is 0 Å². The van der Waals surface area contributed by atoms with Crippen molar-refractivity contribution < 1.29 is 9.13 Å². The van der Waals surface area contributed by atoms with E-state index in [-0.39, 0.29) is 11.9 Å². The molecule has 1 unspecified atom stereocenters. The van der Waals surface area contributed by atoms with Crippen LogP contribution in [0.4, 0.5) is 4.39 Å². The monoisotopic (exact) mass is 240 g/mol. The molecule has 0 radical (unpaired) electrons. The molecule has 0 aliphatic carbocycles. The quantitative estimate of drug-likeness (QED) is 0.709. The van der Waals surface area contributed by atoms with Crippen LogP contribution in [0.1, 0.15) is 37.9 Å². The Hall–Kier alpha value is -1.00. The first-order valence-electron chi connectivity index (χ1n) is 6.12. The molecule has 0 amide bonds. The summed E-state index contributed by atoms with van der Waals surface area (Å²) in [5.41, 5.74) is 0.511. The Bertz CT molecular complexity index is 320. The first-order valence-corrected chi connectivity index (χ1v) is 6.12. The van der Waals surface area contributed by atoms with Crippen molar-refractivity contribution in [3.63, 3.8) is 0 Å². The van der Waals surface area contributed by atoms with Gasteiger partial charge in [0.1, 0.15) is 5.82 Å². The molecule has 0 fully saturated rings. The van der Waals surface area contributed by atoms with Gasteiger partial charge in [0.05, 0.1) is 11.7 Å². The molecule has 3 nitrogen and oxygen atoms in total. The fraction of sp³-hybridized carbons (Fsp3) is 0.615. The lowest BCUT2D eigenvalue weighted by Crippen LogP contribution is -2.24. The summed E-state index contributed by atoms with van der Waals surface area (Å²) in [6.07, 6.45) is 4.39. The minimum Gasteiger partial charge on any atom is -0.385 e. The van der Waals surface area contributed by atoms with E-state index in [1.165, 1.54) is 6.07 Å². The second-order valence-corrected chi connectivity index (χ2v) is 4.01. The van der Waals surface area contributed by atoms with Gasteiger partial charge in [0.2, 0.25) is 0 Å². The third-order valence-electron chi connectivity index (χ3n) is 2.60. The molecule has 1 atom stereocenters. The highest BCUT2D eigenvalue weighted by molar-refractivity contribution is 5.11. The van der Waals surface area contributed by atoms with Crippen LogP contribution in [0.15, 0.2) is 18.3 Å². The van der Waals surface area contributed by atoms with E-state index >= 15 is 0 Å². The largest absolute Gasteiger partial charge is 0.385 e. The standard InChI is InChI=1S/C13H21FN2O/c1-3-8-15-12(7-5-10-17-2)13-11(14)6-4-9-16-13/h4,6,9,12,15H,3,5,7-8,10H2,1-2H3. The fourth-order valence-electron chi connectivity index (χ4n) is 1.74. The van der Waals surface area contributed by atoms with Crippen molar-refractivity contribution in [1.82, 2.24) is 10.3 Å². The van der Waals surface area contributed by atoms with Gasteiger partial charge in [-0.25, -0.2) is 4.39 Å². The zero-order chi connectivity index (χ0) is 12.5. The van der Waals surface area contributed by atoms with Gasteiger partial charge < -0.3 is 10.1 Å². The Morgan fingerprint density at radius 3 is 3.00 bits per heavy atom. The number of rotatable bonds is 8. The van der Waals surface area contributed by atoms with Gasteiger partial charge in [-0.05, 0) is 37.9 Å². The number of pyridine rings is 1. The molecule has 0 spiro atoms. The maximum Gasteiger partial charge on any atom is 0.146 e. The molecular formula is C13H21FN2O. The number of hydrogen-bond acceptors (Lipinski definition) is 3. The van der Waals surface area contributed by atoms with E-state index in [4.69, 9.17) is 4.74 Å². The van der Waals surface area contributed by atoms with Crippen LogP contribution in [0.3, 0.4) is 0 Å². The van der Waals surface area contributed by atoms with E-state index in [2.05, 4.69) is 17.2 Å². The molecule has 17 heavy (non-hydrogen) atoms. The van der Waals surface area contributed by atoms with Crippen LogP contribution in [0.5, 0.6) is 0 Å². The Labute approximate surface area is 102 Å². The van der Waals surface area contributed by atoms with Gasteiger partial charge in [-0.15, -0.1) is 0 Å². The van der Waals surface area contributed by atoms with Gasteiger partial charge in [0, 0.05) is 19.9 Å². The van der Waals surface area contributed by atoms with Crippen molar-refractivity contribution in [2.24, 2.45) is 0 Å². The Morgan fingerprint density at radius 2 is 2.35 bits per heavy atom. The molecule has 1 aromatic heterocycles. The average Bonchev–Trinajstić information content (AvgIpc) is 2.35. The van der Waals surface area contributed by atoms with Gasteiger partial charge in [-0.3, -0.25) is 4.98 Å². The molecule has 1 N–H and O–H groups in total.